The highest BCUT2D eigenvalue weighted by Gasteiger charge is 2.29. The number of carbonyl (C=O) groups is 2. The standard InChI is InChI=1S/C18H15FN2O4/c1-24-18(23)12-5-3-7-14(9-12)20-17(22)16-10-15(21-25-16)11-4-2-6-13(19)8-11/h2-9,16H,10H2,1H3,(H,20,22)/t16-/m0/s1. The highest BCUT2D eigenvalue weighted by atomic mass is 19.1. The topological polar surface area (TPSA) is 77.0 Å². The second-order valence-electron chi connectivity index (χ2n) is 5.41. The first-order valence-electron chi connectivity index (χ1n) is 7.54. The van der Waals surface area contributed by atoms with Gasteiger partial charge in [-0.3, -0.25) is 4.79 Å². The molecule has 3 rings (SSSR count). The first-order valence-corrected chi connectivity index (χ1v) is 7.54. The summed E-state index contributed by atoms with van der Waals surface area (Å²) in [5, 5.41) is 6.53. The van der Waals surface area contributed by atoms with Crippen molar-refractivity contribution in [3.8, 4) is 0 Å². The zero-order valence-corrected chi connectivity index (χ0v) is 13.4. The Kier molecular flexibility index (Phi) is 4.74. The Bertz CT molecular complexity index is 850. The average molecular weight is 342 g/mol. The van der Waals surface area contributed by atoms with Crippen LogP contribution in [0.4, 0.5) is 10.1 Å². The molecule has 1 aliphatic rings. The maximum absolute atomic E-state index is 13.3. The molecule has 2 aromatic carbocycles. The maximum Gasteiger partial charge on any atom is 0.337 e. The van der Waals surface area contributed by atoms with Crippen LogP contribution in [-0.4, -0.2) is 30.8 Å². The molecule has 1 N–H and O–H groups in total. The van der Waals surface area contributed by atoms with E-state index in [1.54, 1.807) is 30.3 Å². The largest absolute Gasteiger partial charge is 0.465 e. The van der Waals surface area contributed by atoms with E-state index in [0.717, 1.165) is 0 Å². The number of esters is 1. The van der Waals surface area contributed by atoms with Crippen LogP contribution >= 0.6 is 0 Å². The van der Waals surface area contributed by atoms with Crippen molar-refractivity contribution in [1.82, 2.24) is 0 Å². The minimum Gasteiger partial charge on any atom is -0.465 e. The van der Waals surface area contributed by atoms with Gasteiger partial charge in [-0.15, -0.1) is 0 Å². The second-order valence-corrected chi connectivity index (χ2v) is 5.41. The summed E-state index contributed by atoms with van der Waals surface area (Å²) in [5.41, 5.74) is 1.84. The van der Waals surface area contributed by atoms with Crippen molar-refractivity contribution in [2.75, 3.05) is 12.4 Å². The van der Waals surface area contributed by atoms with E-state index in [9.17, 15) is 14.0 Å². The number of nitrogens with zero attached hydrogens (tertiary/aromatic N) is 1. The number of rotatable bonds is 4. The molecule has 0 fully saturated rings. The zero-order valence-electron chi connectivity index (χ0n) is 13.4. The minimum atomic E-state index is -0.819. The molecule has 7 heteroatoms. The molecule has 6 nitrogen and oxygen atoms in total. The number of nitrogens with one attached hydrogen (secondary N) is 1. The molecule has 0 saturated heterocycles. The second kappa shape index (κ2) is 7.12. The van der Waals surface area contributed by atoms with Gasteiger partial charge in [-0.05, 0) is 30.3 Å². The van der Waals surface area contributed by atoms with Crippen molar-refractivity contribution in [3.63, 3.8) is 0 Å². The first kappa shape index (κ1) is 16.6. The first-order chi connectivity index (χ1) is 12.1. The lowest BCUT2D eigenvalue weighted by Crippen LogP contribution is -2.28. The van der Waals surface area contributed by atoms with Crippen molar-refractivity contribution < 1.29 is 23.6 Å². The van der Waals surface area contributed by atoms with E-state index in [4.69, 9.17) is 4.84 Å². The molecule has 0 aromatic heterocycles. The van der Waals surface area contributed by atoms with Gasteiger partial charge in [-0.25, -0.2) is 9.18 Å². The lowest BCUT2D eigenvalue weighted by Gasteiger charge is -2.10. The SMILES string of the molecule is COC(=O)c1cccc(NC(=O)[C@@H]2CC(c3cccc(F)c3)=NO2)c1. The van der Waals surface area contributed by atoms with Crippen molar-refractivity contribution >= 4 is 23.3 Å². The fourth-order valence-corrected chi connectivity index (χ4v) is 2.42. The maximum atomic E-state index is 13.3. The molecule has 128 valence electrons. The smallest absolute Gasteiger partial charge is 0.337 e. The molecule has 2 aromatic rings. The molecule has 1 aliphatic heterocycles. The van der Waals surface area contributed by atoms with Gasteiger partial charge in [0.25, 0.3) is 5.91 Å². The van der Waals surface area contributed by atoms with Crippen LogP contribution in [0.1, 0.15) is 22.3 Å². The van der Waals surface area contributed by atoms with E-state index in [0.29, 0.717) is 22.5 Å². The third-order valence-electron chi connectivity index (χ3n) is 3.67. The molecule has 25 heavy (non-hydrogen) atoms. The predicted molar refractivity (Wildman–Crippen MR) is 88.8 cm³/mol. The van der Waals surface area contributed by atoms with Crippen molar-refractivity contribution in [2.45, 2.75) is 12.5 Å². The summed E-state index contributed by atoms with van der Waals surface area (Å²) in [5.74, 6) is -1.28. The van der Waals surface area contributed by atoms with Gasteiger partial charge < -0.3 is 14.9 Å². The van der Waals surface area contributed by atoms with Crippen LogP contribution in [-0.2, 0) is 14.4 Å². The summed E-state index contributed by atoms with van der Waals surface area (Å²) in [6.45, 7) is 0. The van der Waals surface area contributed by atoms with E-state index in [1.807, 2.05) is 0 Å². The molecular formula is C18H15FN2O4. The van der Waals surface area contributed by atoms with Crippen LogP contribution in [0.3, 0.4) is 0 Å². The van der Waals surface area contributed by atoms with E-state index < -0.39 is 18.0 Å². The van der Waals surface area contributed by atoms with Crippen molar-refractivity contribution in [2.24, 2.45) is 5.16 Å². The number of oxime groups is 1. The van der Waals surface area contributed by atoms with Crippen LogP contribution < -0.4 is 5.32 Å². The van der Waals surface area contributed by atoms with Crippen molar-refractivity contribution in [1.29, 1.82) is 0 Å². The number of benzene rings is 2. The lowest BCUT2D eigenvalue weighted by molar-refractivity contribution is -0.125. The van der Waals surface area contributed by atoms with Gasteiger partial charge in [0.15, 0.2) is 0 Å². The predicted octanol–water partition coefficient (Wildman–Crippen LogP) is 2.74. The van der Waals surface area contributed by atoms with Crippen LogP contribution in [0, 0.1) is 5.82 Å². The van der Waals surface area contributed by atoms with Gasteiger partial charge in [-0.1, -0.05) is 23.4 Å². The Labute approximate surface area is 143 Å². The van der Waals surface area contributed by atoms with Gasteiger partial charge in [-0.2, -0.15) is 0 Å². The Morgan fingerprint density at radius 1 is 1.24 bits per heavy atom. The molecule has 1 amide bonds. The normalized spacial score (nSPS) is 15.9. The summed E-state index contributed by atoms with van der Waals surface area (Å²) in [6.07, 6.45) is -0.591. The third kappa shape index (κ3) is 3.82. The molecule has 0 aliphatic carbocycles. The fourth-order valence-electron chi connectivity index (χ4n) is 2.42. The van der Waals surface area contributed by atoms with Gasteiger partial charge >= 0.3 is 5.97 Å². The quantitative estimate of drug-likeness (QED) is 0.867. The molecule has 0 bridgehead atoms. The highest BCUT2D eigenvalue weighted by molar-refractivity contribution is 6.06. The molecule has 1 heterocycles. The van der Waals surface area contributed by atoms with Gasteiger partial charge in [0.2, 0.25) is 6.10 Å². The van der Waals surface area contributed by atoms with E-state index in [2.05, 4.69) is 15.2 Å². The number of methoxy groups -OCH3 is 1. The number of amides is 1. The van der Waals surface area contributed by atoms with Gasteiger partial charge in [0.1, 0.15) is 5.82 Å². The Hall–Kier alpha value is -3.22. The molecule has 0 spiro atoms. The summed E-state index contributed by atoms with van der Waals surface area (Å²) in [4.78, 5) is 29.0. The lowest BCUT2D eigenvalue weighted by atomic mass is 10.0. The van der Waals surface area contributed by atoms with Crippen molar-refractivity contribution in [3.05, 3.63) is 65.5 Å². The Balaban J connectivity index is 1.65. The van der Waals surface area contributed by atoms with Crippen LogP contribution in [0.25, 0.3) is 0 Å². The third-order valence-corrected chi connectivity index (χ3v) is 3.67. The summed E-state index contributed by atoms with van der Waals surface area (Å²) < 4.78 is 17.9. The Morgan fingerprint density at radius 2 is 2.04 bits per heavy atom. The number of ether oxygens (including phenoxy) is 1. The van der Waals surface area contributed by atoms with Crippen LogP contribution in [0.2, 0.25) is 0 Å². The molecule has 0 unspecified atom stereocenters. The highest BCUT2D eigenvalue weighted by Crippen LogP contribution is 2.19. The Morgan fingerprint density at radius 3 is 2.80 bits per heavy atom. The number of hydrogen-bond acceptors (Lipinski definition) is 5. The molecule has 0 saturated carbocycles. The molecule has 1 atom stereocenters. The summed E-state index contributed by atoms with van der Waals surface area (Å²) in [7, 11) is 1.28. The average Bonchev–Trinajstić information content (AvgIpc) is 3.11. The molecular weight excluding hydrogens is 327 g/mol. The summed E-state index contributed by atoms with van der Waals surface area (Å²) in [6, 6.07) is 12.3. The van der Waals surface area contributed by atoms with E-state index >= 15 is 0 Å². The minimum absolute atomic E-state index is 0.228. The number of hydrogen-bond donors (Lipinski definition) is 1. The van der Waals surface area contributed by atoms with Gasteiger partial charge in [0, 0.05) is 17.7 Å². The van der Waals surface area contributed by atoms with E-state index in [1.165, 1.54) is 25.3 Å². The fraction of sp³-hybridized carbons (Fsp3) is 0.167. The molecule has 0 radical (unpaired) electrons. The summed E-state index contributed by atoms with van der Waals surface area (Å²) >= 11 is 0. The zero-order chi connectivity index (χ0) is 17.8. The number of anilines is 1. The van der Waals surface area contributed by atoms with E-state index in [-0.39, 0.29) is 12.2 Å². The van der Waals surface area contributed by atoms with Gasteiger partial charge in [0.05, 0.1) is 18.4 Å². The van der Waals surface area contributed by atoms with Crippen LogP contribution in [0.15, 0.2) is 53.7 Å². The van der Waals surface area contributed by atoms with Crippen LogP contribution in [0.5, 0.6) is 0 Å². The monoisotopic (exact) mass is 342 g/mol. The number of carbonyl (C=O) groups excluding carboxylic acids is 2. The number of halogens is 1.